The summed E-state index contributed by atoms with van der Waals surface area (Å²) < 4.78 is 52.0. The molecule has 2 aliphatic rings. The van der Waals surface area contributed by atoms with E-state index < -0.39 is 23.4 Å². The number of piperazine rings is 1. The average Bonchev–Trinajstić information content (AvgIpc) is 3.16. The van der Waals surface area contributed by atoms with Gasteiger partial charge in [-0.15, -0.1) is 0 Å². The van der Waals surface area contributed by atoms with Crippen LogP contribution in [0.5, 0.6) is 0 Å². The second-order valence-electron chi connectivity index (χ2n) is 8.25. The van der Waals surface area contributed by atoms with E-state index in [1.807, 2.05) is 15.1 Å². The lowest BCUT2D eigenvalue weighted by Gasteiger charge is -2.34. The molecule has 30 heavy (non-hydrogen) atoms. The van der Waals surface area contributed by atoms with E-state index in [4.69, 9.17) is 11.6 Å². The molecule has 1 aromatic rings. The fourth-order valence-electron chi connectivity index (χ4n) is 3.82. The smallest absolute Gasteiger partial charge is 0.341 e. The lowest BCUT2D eigenvalue weighted by molar-refractivity contribution is -0.188. The number of nitrogens with zero attached hydrogens (tertiary/aromatic N) is 2. The SMILES string of the molecule is CC(C)(NC(=O)CN1C[C@@H]2C[C@H]1CN2CC(=O)Nc1ccc(F)c(Cl)c1)C(F)(F)F. The number of carbonyl (C=O) groups excluding carboxylic acids is 2. The molecule has 6 nitrogen and oxygen atoms in total. The highest BCUT2D eigenvalue weighted by Gasteiger charge is 2.49. The number of alkyl halides is 3. The summed E-state index contributed by atoms with van der Waals surface area (Å²) in [7, 11) is 0. The van der Waals surface area contributed by atoms with Gasteiger partial charge >= 0.3 is 6.18 Å². The molecule has 11 heteroatoms. The third-order valence-electron chi connectivity index (χ3n) is 5.52. The molecule has 2 amide bonds. The van der Waals surface area contributed by atoms with Crippen molar-refractivity contribution >= 4 is 29.1 Å². The molecule has 2 saturated heterocycles. The molecule has 2 aliphatic heterocycles. The van der Waals surface area contributed by atoms with Crippen molar-refractivity contribution < 1.29 is 27.2 Å². The quantitative estimate of drug-likeness (QED) is 0.654. The van der Waals surface area contributed by atoms with E-state index in [0.717, 1.165) is 20.3 Å². The predicted octanol–water partition coefficient (Wildman–Crippen LogP) is 2.63. The van der Waals surface area contributed by atoms with Gasteiger partial charge in [-0.2, -0.15) is 13.2 Å². The molecule has 0 aliphatic carbocycles. The molecule has 2 atom stereocenters. The molecule has 0 aromatic heterocycles. The van der Waals surface area contributed by atoms with Gasteiger partial charge in [0.05, 0.1) is 18.1 Å². The van der Waals surface area contributed by atoms with Gasteiger partial charge in [-0.25, -0.2) is 4.39 Å². The summed E-state index contributed by atoms with van der Waals surface area (Å²) in [6.45, 7) is 2.90. The molecule has 0 radical (unpaired) electrons. The van der Waals surface area contributed by atoms with E-state index in [-0.39, 0.29) is 36.1 Å². The first-order valence-corrected chi connectivity index (χ1v) is 9.84. The monoisotopic (exact) mass is 450 g/mol. The predicted molar refractivity (Wildman–Crippen MR) is 104 cm³/mol. The van der Waals surface area contributed by atoms with Crippen molar-refractivity contribution in [2.24, 2.45) is 0 Å². The largest absolute Gasteiger partial charge is 0.410 e. The standard InChI is InChI=1S/C19H23ClF4N4O2/c1-18(2,19(22,23)24)26-17(30)10-28-8-12-6-13(28)7-27(12)9-16(29)25-11-3-4-15(21)14(20)5-11/h3-5,12-13H,6-10H2,1-2H3,(H,25,29)(H,26,30)/t12-,13-/m0/s1. The van der Waals surface area contributed by atoms with Crippen molar-refractivity contribution in [3.63, 3.8) is 0 Å². The van der Waals surface area contributed by atoms with Gasteiger partial charge in [0, 0.05) is 30.9 Å². The van der Waals surface area contributed by atoms with Gasteiger partial charge in [-0.1, -0.05) is 11.6 Å². The zero-order valence-electron chi connectivity index (χ0n) is 16.5. The molecule has 3 rings (SSSR count). The third kappa shape index (κ3) is 5.04. The van der Waals surface area contributed by atoms with E-state index >= 15 is 0 Å². The third-order valence-corrected chi connectivity index (χ3v) is 5.81. The molecule has 0 saturated carbocycles. The second kappa shape index (κ2) is 8.32. The van der Waals surface area contributed by atoms with E-state index in [1.54, 1.807) is 0 Å². The number of carbonyl (C=O) groups is 2. The van der Waals surface area contributed by atoms with Gasteiger partial charge in [0.25, 0.3) is 0 Å². The number of halogens is 5. The zero-order chi connectivity index (χ0) is 22.3. The van der Waals surface area contributed by atoms with Crippen LogP contribution in [0.1, 0.15) is 20.3 Å². The van der Waals surface area contributed by atoms with Crippen LogP contribution in [0.2, 0.25) is 5.02 Å². The summed E-state index contributed by atoms with van der Waals surface area (Å²) in [5, 5.41) is 4.62. The first-order chi connectivity index (χ1) is 13.9. The number of hydrogen-bond donors (Lipinski definition) is 2. The maximum atomic E-state index is 13.2. The van der Waals surface area contributed by atoms with Gasteiger partial charge in [0.2, 0.25) is 11.8 Å². The van der Waals surface area contributed by atoms with Crippen LogP contribution in [-0.4, -0.2) is 71.6 Å². The van der Waals surface area contributed by atoms with E-state index in [9.17, 15) is 27.2 Å². The number of anilines is 1. The van der Waals surface area contributed by atoms with E-state index in [0.29, 0.717) is 18.8 Å². The lowest BCUT2D eigenvalue weighted by Crippen LogP contribution is -2.57. The highest BCUT2D eigenvalue weighted by Crippen LogP contribution is 2.32. The molecular formula is C19H23ClF4N4O2. The summed E-state index contributed by atoms with van der Waals surface area (Å²) in [6, 6.07) is 3.95. The number of amides is 2. The molecule has 2 heterocycles. The van der Waals surface area contributed by atoms with Crippen LogP contribution in [-0.2, 0) is 9.59 Å². The minimum Gasteiger partial charge on any atom is -0.341 e. The Hall–Kier alpha value is -1.91. The molecule has 2 fully saturated rings. The van der Waals surface area contributed by atoms with E-state index in [1.165, 1.54) is 18.2 Å². The van der Waals surface area contributed by atoms with Crippen molar-refractivity contribution in [3.8, 4) is 0 Å². The second-order valence-corrected chi connectivity index (χ2v) is 8.66. The molecular weight excluding hydrogens is 428 g/mol. The maximum Gasteiger partial charge on any atom is 0.410 e. The van der Waals surface area contributed by atoms with Gasteiger partial charge in [-0.05, 0) is 38.5 Å². The molecule has 0 spiro atoms. The Morgan fingerprint density at radius 1 is 1.10 bits per heavy atom. The number of benzene rings is 1. The van der Waals surface area contributed by atoms with E-state index in [2.05, 4.69) is 5.32 Å². The molecule has 2 N–H and O–H groups in total. The Morgan fingerprint density at radius 3 is 2.17 bits per heavy atom. The van der Waals surface area contributed by atoms with Crippen LogP contribution in [0.25, 0.3) is 0 Å². The lowest BCUT2D eigenvalue weighted by atomic mass is 10.1. The number of fused-ring (bicyclic) bond motifs is 2. The van der Waals surface area contributed by atoms with Crippen LogP contribution in [0.15, 0.2) is 18.2 Å². The Bertz CT molecular complexity index is 833. The summed E-state index contributed by atoms with van der Waals surface area (Å²) in [4.78, 5) is 28.2. The average molecular weight is 451 g/mol. The van der Waals surface area contributed by atoms with Crippen molar-refractivity contribution in [2.75, 3.05) is 31.5 Å². The number of hydrogen-bond acceptors (Lipinski definition) is 4. The van der Waals surface area contributed by atoms with Crippen LogP contribution in [0.4, 0.5) is 23.2 Å². The van der Waals surface area contributed by atoms with Crippen LogP contribution >= 0.6 is 11.6 Å². The molecule has 1 aromatic carbocycles. The Morgan fingerprint density at radius 2 is 1.67 bits per heavy atom. The van der Waals surface area contributed by atoms with Crippen molar-refractivity contribution in [1.29, 1.82) is 0 Å². The molecule has 2 bridgehead atoms. The summed E-state index contributed by atoms with van der Waals surface area (Å²) in [5.41, 5.74) is -1.91. The summed E-state index contributed by atoms with van der Waals surface area (Å²) in [5.74, 6) is -1.53. The van der Waals surface area contributed by atoms with Gasteiger partial charge < -0.3 is 10.6 Å². The zero-order valence-corrected chi connectivity index (χ0v) is 17.3. The minimum absolute atomic E-state index is 0.00261. The topological polar surface area (TPSA) is 64.7 Å². The van der Waals surface area contributed by atoms with Crippen molar-refractivity contribution in [3.05, 3.63) is 29.0 Å². The Labute approximate surface area is 176 Å². The van der Waals surface area contributed by atoms with Gasteiger partial charge in [0.15, 0.2) is 0 Å². The number of likely N-dealkylation sites (tertiary alicyclic amines) is 2. The van der Waals surface area contributed by atoms with Gasteiger partial charge in [-0.3, -0.25) is 19.4 Å². The molecule has 0 unspecified atom stereocenters. The maximum absolute atomic E-state index is 13.2. The van der Waals surface area contributed by atoms with Crippen molar-refractivity contribution in [2.45, 2.75) is 44.1 Å². The number of nitrogens with one attached hydrogen (secondary N) is 2. The summed E-state index contributed by atoms with van der Waals surface area (Å²) >= 11 is 5.70. The first-order valence-electron chi connectivity index (χ1n) is 9.46. The van der Waals surface area contributed by atoms with Crippen LogP contribution in [0.3, 0.4) is 0 Å². The number of rotatable bonds is 6. The first kappa shape index (κ1) is 22.8. The Balaban J connectivity index is 1.47. The van der Waals surface area contributed by atoms with Crippen LogP contribution < -0.4 is 10.6 Å². The minimum atomic E-state index is -4.54. The Kier molecular flexibility index (Phi) is 6.31. The fraction of sp³-hybridized carbons (Fsp3) is 0.579. The highest BCUT2D eigenvalue weighted by molar-refractivity contribution is 6.31. The highest BCUT2D eigenvalue weighted by atomic mass is 35.5. The fourth-order valence-corrected chi connectivity index (χ4v) is 4.00. The molecule has 166 valence electrons. The van der Waals surface area contributed by atoms with Crippen molar-refractivity contribution in [1.82, 2.24) is 15.1 Å². The van der Waals surface area contributed by atoms with Crippen LogP contribution in [0, 0.1) is 5.82 Å². The van der Waals surface area contributed by atoms with Gasteiger partial charge in [0.1, 0.15) is 11.4 Å². The normalized spacial score (nSPS) is 22.4. The summed E-state index contributed by atoms with van der Waals surface area (Å²) in [6.07, 6.45) is -3.79.